The molecule has 2 rings (SSSR count). The Morgan fingerprint density at radius 3 is 2.48 bits per heavy atom. The predicted molar refractivity (Wildman–Crippen MR) is 99.2 cm³/mol. The first-order valence-electron chi connectivity index (χ1n) is 8.27. The minimum Gasteiger partial charge on any atom is -0.299 e. The van der Waals surface area contributed by atoms with Crippen LogP contribution < -0.4 is 0 Å². The largest absolute Gasteiger partial charge is 0.299 e. The number of carbonyl (C=O) groups is 1. The molecule has 0 atom stereocenters. The molecule has 0 bridgehead atoms. The zero-order valence-corrected chi connectivity index (χ0v) is 13.7. The molecule has 0 aromatic heterocycles. The molecule has 23 heavy (non-hydrogen) atoms. The van der Waals surface area contributed by atoms with Crippen molar-refractivity contribution in [1.82, 2.24) is 0 Å². The lowest BCUT2D eigenvalue weighted by molar-refractivity contribution is -0.104. The van der Waals surface area contributed by atoms with E-state index in [0.29, 0.717) is 0 Å². The SMILES string of the molecule is CCCC/C(=C\c1ccccc1)Cc1ccccc1/C=C/C=O. The summed E-state index contributed by atoms with van der Waals surface area (Å²) in [5.74, 6) is 0. The molecule has 1 nitrogen and oxygen atoms in total. The van der Waals surface area contributed by atoms with E-state index in [0.717, 1.165) is 24.7 Å². The van der Waals surface area contributed by atoms with Crippen LogP contribution in [0.1, 0.15) is 42.9 Å². The Kier molecular flexibility index (Phi) is 7.06. The molecule has 2 aromatic carbocycles. The van der Waals surface area contributed by atoms with E-state index in [1.165, 1.54) is 29.5 Å². The number of allylic oxidation sites excluding steroid dienone is 2. The van der Waals surface area contributed by atoms with Gasteiger partial charge in [0.2, 0.25) is 0 Å². The number of benzene rings is 2. The van der Waals surface area contributed by atoms with Crippen LogP contribution in [0.4, 0.5) is 0 Å². The second-order valence-corrected chi connectivity index (χ2v) is 5.69. The van der Waals surface area contributed by atoms with Crippen molar-refractivity contribution < 1.29 is 4.79 Å². The van der Waals surface area contributed by atoms with E-state index in [1.807, 2.05) is 18.2 Å². The molecular weight excluding hydrogens is 280 g/mol. The number of aldehydes is 1. The molecule has 0 aliphatic rings. The van der Waals surface area contributed by atoms with Crippen LogP contribution in [0.25, 0.3) is 12.2 Å². The summed E-state index contributed by atoms with van der Waals surface area (Å²) in [5.41, 5.74) is 5.07. The Labute approximate surface area is 139 Å². The van der Waals surface area contributed by atoms with Gasteiger partial charge in [0, 0.05) is 0 Å². The topological polar surface area (TPSA) is 17.1 Å². The standard InChI is InChI=1S/C22H24O/c1-2-3-10-20(17-19-11-5-4-6-12-19)18-22-14-8-7-13-21(22)15-9-16-23/h4-9,11-17H,2-3,10,18H2,1H3/b15-9+,20-17+. The van der Waals surface area contributed by atoms with Crippen LogP contribution >= 0.6 is 0 Å². The molecule has 118 valence electrons. The summed E-state index contributed by atoms with van der Waals surface area (Å²) in [6.45, 7) is 2.22. The Morgan fingerprint density at radius 1 is 1.00 bits per heavy atom. The first kappa shape index (κ1) is 17.0. The zero-order chi connectivity index (χ0) is 16.3. The van der Waals surface area contributed by atoms with Crippen molar-refractivity contribution in [2.75, 3.05) is 0 Å². The monoisotopic (exact) mass is 304 g/mol. The molecule has 0 saturated heterocycles. The Balaban J connectivity index is 2.26. The van der Waals surface area contributed by atoms with E-state index in [-0.39, 0.29) is 0 Å². The molecule has 0 N–H and O–H groups in total. The summed E-state index contributed by atoms with van der Waals surface area (Å²) in [6, 6.07) is 18.8. The lowest BCUT2D eigenvalue weighted by atomic mass is 9.95. The zero-order valence-electron chi connectivity index (χ0n) is 13.7. The Bertz CT molecular complexity index is 665. The molecule has 0 fully saturated rings. The van der Waals surface area contributed by atoms with Crippen molar-refractivity contribution in [1.29, 1.82) is 0 Å². The summed E-state index contributed by atoms with van der Waals surface area (Å²) >= 11 is 0. The number of rotatable bonds is 8. The van der Waals surface area contributed by atoms with E-state index in [4.69, 9.17) is 0 Å². The molecule has 0 heterocycles. The predicted octanol–water partition coefficient (Wildman–Crippen LogP) is 5.72. The van der Waals surface area contributed by atoms with Crippen LogP contribution in [0.3, 0.4) is 0 Å². The normalized spacial score (nSPS) is 11.8. The molecular formula is C22H24O. The molecule has 0 unspecified atom stereocenters. The first-order chi connectivity index (χ1) is 11.3. The van der Waals surface area contributed by atoms with Crippen molar-refractivity contribution in [2.24, 2.45) is 0 Å². The van der Waals surface area contributed by atoms with Crippen LogP contribution in [0, 0.1) is 0 Å². The maximum Gasteiger partial charge on any atom is 0.142 e. The van der Waals surface area contributed by atoms with Gasteiger partial charge in [-0.2, -0.15) is 0 Å². The molecule has 1 heteroatoms. The van der Waals surface area contributed by atoms with Crippen molar-refractivity contribution in [3.05, 3.63) is 82.9 Å². The fourth-order valence-electron chi connectivity index (χ4n) is 2.65. The number of carbonyl (C=O) groups excluding carboxylic acids is 1. The average molecular weight is 304 g/mol. The quantitative estimate of drug-likeness (QED) is 0.450. The van der Waals surface area contributed by atoms with Crippen LogP contribution in [0.15, 0.2) is 66.2 Å². The summed E-state index contributed by atoms with van der Waals surface area (Å²) in [7, 11) is 0. The fraction of sp³-hybridized carbons (Fsp3) is 0.227. The van der Waals surface area contributed by atoms with Gasteiger partial charge in [0.05, 0.1) is 0 Å². The molecule has 0 aliphatic carbocycles. The second kappa shape index (κ2) is 9.58. The van der Waals surface area contributed by atoms with E-state index >= 15 is 0 Å². The van der Waals surface area contributed by atoms with Gasteiger partial charge in [-0.1, -0.05) is 85.7 Å². The van der Waals surface area contributed by atoms with Crippen molar-refractivity contribution in [2.45, 2.75) is 32.6 Å². The maximum atomic E-state index is 10.6. The van der Waals surface area contributed by atoms with Gasteiger partial charge in [-0.15, -0.1) is 0 Å². The molecule has 0 radical (unpaired) electrons. The highest BCUT2D eigenvalue weighted by molar-refractivity contribution is 5.74. The fourth-order valence-corrected chi connectivity index (χ4v) is 2.65. The second-order valence-electron chi connectivity index (χ2n) is 5.69. The minimum absolute atomic E-state index is 0.828. The molecule has 0 amide bonds. The van der Waals surface area contributed by atoms with Gasteiger partial charge in [-0.25, -0.2) is 0 Å². The third-order valence-corrected chi connectivity index (χ3v) is 3.85. The van der Waals surface area contributed by atoms with Gasteiger partial charge in [0.1, 0.15) is 6.29 Å². The van der Waals surface area contributed by atoms with Crippen molar-refractivity contribution in [3.8, 4) is 0 Å². The number of hydrogen-bond donors (Lipinski definition) is 0. The van der Waals surface area contributed by atoms with Crippen LogP contribution in [0.5, 0.6) is 0 Å². The third-order valence-electron chi connectivity index (χ3n) is 3.85. The average Bonchev–Trinajstić information content (AvgIpc) is 2.60. The van der Waals surface area contributed by atoms with Gasteiger partial charge >= 0.3 is 0 Å². The summed E-state index contributed by atoms with van der Waals surface area (Å²) < 4.78 is 0. The van der Waals surface area contributed by atoms with E-state index in [2.05, 4.69) is 55.5 Å². The molecule has 0 saturated carbocycles. The van der Waals surface area contributed by atoms with Gasteiger partial charge in [0.25, 0.3) is 0 Å². The summed E-state index contributed by atoms with van der Waals surface area (Å²) in [4.78, 5) is 10.6. The molecule has 0 aliphatic heterocycles. The third kappa shape index (κ3) is 5.71. The Morgan fingerprint density at radius 2 is 1.74 bits per heavy atom. The van der Waals surface area contributed by atoms with E-state index < -0.39 is 0 Å². The highest BCUT2D eigenvalue weighted by Crippen LogP contribution is 2.21. The maximum absolute atomic E-state index is 10.6. The first-order valence-corrected chi connectivity index (χ1v) is 8.27. The lowest BCUT2D eigenvalue weighted by Gasteiger charge is -2.10. The number of hydrogen-bond acceptors (Lipinski definition) is 1. The van der Waals surface area contributed by atoms with Crippen LogP contribution in [-0.2, 0) is 11.2 Å². The van der Waals surface area contributed by atoms with Crippen molar-refractivity contribution in [3.63, 3.8) is 0 Å². The Hall–Kier alpha value is -2.41. The highest BCUT2D eigenvalue weighted by atomic mass is 16.1. The van der Waals surface area contributed by atoms with Crippen LogP contribution in [0.2, 0.25) is 0 Å². The highest BCUT2D eigenvalue weighted by Gasteiger charge is 2.04. The van der Waals surface area contributed by atoms with Gasteiger partial charge in [0.15, 0.2) is 0 Å². The number of unbranched alkanes of at least 4 members (excludes halogenated alkanes) is 1. The van der Waals surface area contributed by atoms with Gasteiger partial charge < -0.3 is 0 Å². The molecule has 0 spiro atoms. The van der Waals surface area contributed by atoms with E-state index in [1.54, 1.807) is 6.08 Å². The smallest absolute Gasteiger partial charge is 0.142 e. The van der Waals surface area contributed by atoms with Gasteiger partial charge in [-0.05, 0) is 42.0 Å². The van der Waals surface area contributed by atoms with E-state index in [9.17, 15) is 4.79 Å². The van der Waals surface area contributed by atoms with Crippen LogP contribution in [-0.4, -0.2) is 6.29 Å². The van der Waals surface area contributed by atoms with Crippen molar-refractivity contribution >= 4 is 18.4 Å². The van der Waals surface area contributed by atoms with Gasteiger partial charge in [-0.3, -0.25) is 4.79 Å². The minimum atomic E-state index is 0.828. The molecule has 2 aromatic rings. The summed E-state index contributed by atoms with van der Waals surface area (Å²) in [5, 5.41) is 0. The lowest BCUT2D eigenvalue weighted by Crippen LogP contribution is -1.95. The summed E-state index contributed by atoms with van der Waals surface area (Å²) in [6.07, 6.45) is 11.0.